The van der Waals surface area contributed by atoms with Gasteiger partial charge in [-0.25, -0.2) is 4.98 Å². The van der Waals surface area contributed by atoms with Gasteiger partial charge in [0.25, 0.3) is 0 Å². The predicted molar refractivity (Wildman–Crippen MR) is 73.7 cm³/mol. The van der Waals surface area contributed by atoms with E-state index in [1.165, 1.54) is 30.8 Å². The first-order valence-electron chi connectivity index (χ1n) is 6.62. The van der Waals surface area contributed by atoms with Crippen LogP contribution in [0.4, 0.5) is 0 Å². The van der Waals surface area contributed by atoms with Crippen molar-refractivity contribution in [2.24, 2.45) is 0 Å². The van der Waals surface area contributed by atoms with Gasteiger partial charge < -0.3 is 10.6 Å². The molecule has 17 heavy (non-hydrogen) atoms. The van der Waals surface area contributed by atoms with Crippen LogP contribution >= 0.6 is 11.3 Å². The van der Waals surface area contributed by atoms with E-state index in [1.807, 2.05) is 0 Å². The van der Waals surface area contributed by atoms with Crippen molar-refractivity contribution >= 4 is 11.3 Å². The van der Waals surface area contributed by atoms with Gasteiger partial charge in [-0.3, -0.25) is 0 Å². The highest BCUT2D eigenvalue weighted by Crippen LogP contribution is 2.11. The topological polar surface area (TPSA) is 37.0 Å². The number of aromatic nitrogens is 1. The normalized spacial score (nSPS) is 21.9. The number of thiazole rings is 1. The average molecular weight is 253 g/mol. The van der Waals surface area contributed by atoms with Crippen molar-refractivity contribution in [1.82, 2.24) is 15.6 Å². The molecule has 2 rings (SSSR count). The van der Waals surface area contributed by atoms with Gasteiger partial charge in [-0.15, -0.1) is 11.3 Å². The van der Waals surface area contributed by atoms with Crippen LogP contribution in [0.3, 0.4) is 0 Å². The van der Waals surface area contributed by atoms with E-state index in [4.69, 9.17) is 0 Å². The maximum Gasteiger partial charge on any atom is 0.0940 e. The lowest BCUT2D eigenvalue weighted by atomic mass is 10.1. The lowest BCUT2D eigenvalue weighted by Gasteiger charge is -2.17. The maximum absolute atomic E-state index is 4.48. The zero-order valence-corrected chi connectivity index (χ0v) is 11.6. The van der Waals surface area contributed by atoms with E-state index < -0.39 is 0 Å². The summed E-state index contributed by atoms with van der Waals surface area (Å²) in [7, 11) is 0. The standard InChI is InChI=1S/C13H23N3S/c1-10(8-12-4-3-6-15-12)14-7-5-13-16-11(2)9-17-13/h9-10,12,14-15H,3-8H2,1-2H3. The number of aryl methyl sites for hydroxylation is 1. The molecular weight excluding hydrogens is 230 g/mol. The molecule has 0 radical (unpaired) electrons. The maximum atomic E-state index is 4.48. The van der Waals surface area contributed by atoms with Crippen LogP contribution in [0.5, 0.6) is 0 Å². The number of nitrogens with one attached hydrogen (secondary N) is 2. The highest BCUT2D eigenvalue weighted by Gasteiger charge is 2.16. The summed E-state index contributed by atoms with van der Waals surface area (Å²) in [5.41, 5.74) is 1.15. The van der Waals surface area contributed by atoms with Gasteiger partial charge in [0, 0.05) is 36.1 Å². The molecule has 0 bridgehead atoms. The Balaban J connectivity index is 1.60. The Labute approximate surface area is 108 Å². The fraction of sp³-hybridized carbons (Fsp3) is 0.769. The molecule has 1 saturated heterocycles. The first-order chi connectivity index (χ1) is 8.24. The molecule has 96 valence electrons. The lowest BCUT2D eigenvalue weighted by molar-refractivity contribution is 0.443. The molecule has 1 aromatic heterocycles. The molecule has 0 aromatic carbocycles. The van der Waals surface area contributed by atoms with Crippen molar-refractivity contribution in [3.8, 4) is 0 Å². The van der Waals surface area contributed by atoms with Crippen LogP contribution in [0.2, 0.25) is 0 Å². The third kappa shape index (κ3) is 4.37. The van der Waals surface area contributed by atoms with Crippen molar-refractivity contribution in [3.63, 3.8) is 0 Å². The summed E-state index contributed by atoms with van der Waals surface area (Å²) in [5, 5.41) is 10.5. The minimum absolute atomic E-state index is 0.603. The molecule has 1 fully saturated rings. The third-order valence-corrected chi connectivity index (χ3v) is 4.33. The minimum Gasteiger partial charge on any atom is -0.314 e. The highest BCUT2D eigenvalue weighted by molar-refractivity contribution is 7.09. The summed E-state index contributed by atoms with van der Waals surface area (Å²) < 4.78 is 0. The Morgan fingerprint density at radius 3 is 3.18 bits per heavy atom. The quantitative estimate of drug-likeness (QED) is 0.815. The Bertz CT molecular complexity index is 331. The molecule has 2 N–H and O–H groups in total. The van der Waals surface area contributed by atoms with Crippen molar-refractivity contribution in [3.05, 3.63) is 16.1 Å². The first kappa shape index (κ1) is 13.0. The summed E-state index contributed by atoms with van der Waals surface area (Å²) in [6, 6.07) is 1.34. The van der Waals surface area contributed by atoms with E-state index in [0.717, 1.165) is 24.7 Å². The van der Waals surface area contributed by atoms with Gasteiger partial charge in [0.15, 0.2) is 0 Å². The van der Waals surface area contributed by atoms with Crippen LogP contribution in [0.1, 0.15) is 36.9 Å². The predicted octanol–water partition coefficient (Wildman–Crippen LogP) is 2.11. The molecular formula is C13H23N3S. The van der Waals surface area contributed by atoms with Crippen molar-refractivity contribution in [2.75, 3.05) is 13.1 Å². The van der Waals surface area contributed by atoms with Crippen LogP contribution in [-0.4, -0.2) is 30.2 Å². The van der Waals surface area contributed by atoms with Crippen LogP contribution in [-0.2, 0) is 6.42 Å². The molecule has 0 spiro atoms. The SMILES string of the molecule is Cc1csc(CCNC(C)CC2CCCN2)n1. The fourth-order valence-corrected chi connectivity index (χ4v) is 3.19. The highest BCUT2D eigenvalue weighted by atomic mass is 32.1. The van der Waals surface area contributed by atoms with Crippen molar-refractivity contribution < 1.29 is 0 Å². The van der Waals surface area contributed by atoms with Crippen molar-refractivity contribution in [2.45, 2.75) is 51.6 Å². The van der Waals surface area contributed by atoms with Crippen LogP contribution in [0, 0.1) is 6.92 Å². The monoisotopic (exact) mass is 253 g/mol. The Morgan fingerprint density at radius 1 is 1.65 bits per heavy atom. The molecule has 2 heterocycles. The molecule has 3 nitrogen and oxygen atoms in total. The van der Waals surface area contributed by atoms with Crippen LogP contribution < -0.4 is 10.6 Å². The van der Waals surface area contributed by atoms with Crippen LogP contribution in [0.25, 0.3) is 0 Å². The summed E-state index contributed by atoms with van der Waals surface area (Å²) in [5.74, 6) is 0. The molecule has 1 aliphatic heterocycles. The molecule has 0 aliphatic carbocycles. The van der Waals surface area contributed by atoms with Gasteiger partial charge in [0.2, 0.25) is 0 Å². The van der Waals surface area contributed by atoms with E-state index in [0.29, 0.717) is 6.04 Å². The smallest absolute Gasteiger partial charge is 0.0940 e. The van der Waals surface area contributed by atoms with Gasteiger partial charge in [-0.2, -0.15) is 0 Å². The summed E-state index contributed by atoms with van der Waals surface area (Å²) in [6.45, 7) is 6.59. The molecule has 2 unspecified atom stereocenters. The molecule has 2 atom stereocenters. The van der Waals surface area contributed by atoms with E-state index in [9.17, 15) is 0 Å². The third-order valence-electron chi connectivity index (χ3n) is 3.30. The number of rotatable bonds is 6. The number of hydrogen-bond acceptors (Lipinski definition) is 4. The van der Waals surface area contributed by atoms with Gasteiger partial charge in [0.1, 0.15) is 0 Å². The van der Waals surface area contributed by atoms with Crippen LogP contribution in [0.15, 0.2) is 5.38 Å². The average Bonchev–Trinajstić information content (AvgIpc) is 2.90. The second-order valence-electron chi connectivity index (χ2n) is 5.02. The largest absolute Gasteiger partial charge is 0.314 e. The minimum atomic E-state index is 0.603. The second kappa shape index (κ2) is 6.47. The Morgan fingerprint density at radius 2 is 2.53 bits per heavy atom. The number of nitrogens with zero attached hydrogens (tertiary/aromatic N) is 1. The van der Waals surface area contributed by atoms with Gasteiger partial charge in [-0.1, -0.05) is 0 Å². The second-order valence-corrected chi connectivity index (χ2v) is 5.96. The fourth-order valence-electron chi connectivity index (χ4n) is 2.41. The van der Waals surface area contributed by atoms with E-state index in [1.54, 1.807) is 11.3 Å². The zero-order chi connectivity index (χ0) is 12.1. The van der Waals surface area contributed by atoms with Crippen molar-refractivity contribution in [1.29, 1.82) is 0 Å². The molecule has 4 heteroatoms. The van der Waals surface area contributed by atoms with E-state index in [-0.39, 0.29) is 0 Å². The van der Waals surface area contributed by atoms with Gasteiger partial charge in [0.05, 0.1) is 5.01 Å². The molecule has 0 saturated carbocycles. The molecule has 1 aliphatic rings. The molecule has 1 aromatic rings. The van der Waals surface area contributed by atoms with Gasteiger partial charge in [-0.05, 0) is 39.7 Å². The first-order valence-corrected chi connectivity index (χ1v) is 7.50. The zero-order valence-electron chi connectivity index (χ0n) is 10.8. The summed E-state index contributed by atoms with van der Waals surface area (Å²) >= 11 is 1.77. The van der Waals surface area contributed by atoms with Gasteiger partial charge >= 0.3 is 0 Å². The Kier molecular flexibility index (Phi) is 4.95. The van der Waals surface area contributed by atoms with E-state index >= 15 is 0 Å². The summed E-state index contributed by atoms with van der Waals surface area (Å²) in [6.07, 6.45) is 4.99. The number of hydrogen-bond donors (Lipinski definition) is 2. The summed E-state index contributed by atoms with van der Waals surface area (Å²) in [4.78, 5) is 4.48. The molecule has 0 amide bonds. The Hall–Kier alpha value is -0.450. The van der Waals surface area contributed by atoms with E-state index in [2.05, 4.69) is 34.8 Å². The lowest BCUT2D eigenvalue weighted by Crippen LogP contribution is -2.34.